The fraction of sp³-hybridized carbons (Fsp3) is 0.424. The molecule has 1 aliphatic heterocycles. The van der Waals surface area contributed by atoms with Gasteiger partial charge in [-0.15, -0.1) is 0 Å². The zero-order valence-corrected chi connectivity index (χ0v) is 25.6. The minimum absolute atomic E-state index is 0.220. The Morgan fingerprint density at radius 1 is 0.860 bits per heavy atom. The Hall–Kier alpha value is -3.01. The molecule has 1 heterocycles. The molecule has 0 spiro atoms. The maximum absolute atomic E-state index is 16.2. The molecule has 1 atom stereocenters. The molecule has 1 saturated carbocycles. The number of benzene rings is 3. The lowest BCUT2D eigenvalue weighted by Gasteiger charge is -2.34. The van der Waals surface area contributed by atoms with E-state index in [1.165, 1.54) is 72.7 Å². The second kappa shape index (κ2) is 13.7. The summed E-state index contributed by atoms with van der Waals surface area (Å²) in [6.45, 7) is 1.16. The fourth-order valence-electron chi connectivity index (χ4n) is 5.78. The van der Waals surface area contributed by atoms with Crippen LogP contribution in [0.5, 0.6) is 5.75 Å². The van der Waals surface area contributed by atoms with E-state index in [-0.39, 0.29) is 4.90 Å². The smallest absolute Gasteiger partial charge is 0.298 e. The van der Waals surface area contributed by atoms with Gasteiger partial charge in [-0.2, -0.15) is 13.5 Å². The number of likely N-dealkylation sites (tertiary alicyclic amines) is 1. The average molecular weight is 631 g/mol. The van der Waals surface area contributed by atoms with Crippen molar-refractivity contribution in [2.75, 3.05) is 19.7 Å². The van der Waals surface area contributed by atoms with Crippen molar-refractivity contribution in [1.29, 1.82) is 0 Å². The van der Waals surface area contributed by atoms with E-state index in [4.69, 9.17) is 16.3 Å². The first kappa shape index (κ1) is 31.4. The monoisotopic (exact) mass is 630 g/mol. The number of ether oxygens (including phenoxy) is 1. The Morgan fingerprint density at radius 3 is 2.02 bits per heavy atom. The Morgan fingerprint density at radius 2 is 1.42 bits per heavy atom. The summed E-state index contributed by atoms with van der Waals surface area (Å²) in [5, 5.41) is 0.555. The molecule has 3 aromatic rings. The molecule has 6 nitrogen and oxygen atoms in total. The molecule has 230 valence electrons. The van der Waals surface area contributed by atoms with E-state index in [0.29, 0.717) is 54.8 Å². The van der Waals surface area contributed by atoms with Gasteiger partial charge >= 0.3 is 0 Å². The summed E-state index contributed by atoms with van der Waals surface area (Å²) >= 11 is 5.96. The molecule has 1 aliphatic carbocycles. The van der Waals surface area contributed by atoms with Gasteiger partial charge in [0.2, 0.25) is 15.9 Å². The second-order valence-electron chi connectivity index (χ2n) is 11.4. The Kier molecular flexibility index (Phi) is 10.0. The molecule has 10 heteroatoms. The van der Waals surface area contributed by atoms with E-state index in [0.717, 1.165) is 24.8 Å². The van der Waals surface area contributed by atoms with E-state index in [1.807, 2.05) is 0 Å². The van der Waals surface area contributed by atoms with Gasteiger partial charge in [0.1, 0.15) is 5.75 Å². The lowest BCUT2D eigenvalue weighted by atomic mass is 9.90. The third-order valence-electron chi connectivity index (χ3n) is 8.34. The lowest BCUT2D eigenvalue weighted by Crippen LogP contribution is -2.56. The van der Waals surface area contributed by atoms with Crippen LogP contribution >= 0.6 is 11.6 Å². The van der Waals surface area contributed by atoms with Crippen LogP contribution in [0.1, 0.15) is 56.9 Å². The van der Waals surface area contributed by atoms with E-state index in [1.54, 1.807) is 24.3 Å². The molecule has 3 aromatic carbocycles. The van der Waals surface area contributed by atoms with Crippen LogP contribution in [0.2, 0.25) is 5.02 Å². The Bertz CT molecular complexity index is 1470. The van der Waals surface area contributed by atoms with Crippen LogP contribution in [0.25, 0.3) is 11.1 Å². The van der Waals surface area contributed by atoms with Gasteiger partial charge in [0.15, 0.2) is 6.04 Å². The highest BCUT2D eigenvalue weighted by atomic mass is 35.5. The number of sulfonamides is 1. The molecule has 2 aliphatic rings. The summed E-state index contributed by atoms with van der Waals surface area (Å²) in [6, 6.07) is 15.8. The number of amides is 1. The number of hydrogen-bond donors (Lipinski definition) is 1. The lowest BCUT2D eigenvalue weighted by molar-refractivity contribution is -0.145. The molecule has 1 saturated heterocycles. The molecule has 0 bridgehead atoms. The fourth-order valence-corrected chi connectivity index (χ4v) is 7.09. The van der Waals surface area contributed by atoms with Gasteiger partial charge in [-0.25, -0.2) is 8.42 Å². The maximum Gasteiger partial charge on any atom is 0.298 e. The Labute approximate surface area is 257 Å². The van der Waals surface area contributed by atoms with E-state index >= 15 is 8.78 Å². The van der Waals surface area contributed by atoms with Crippen molar-refractivity contribution in [2.24, 2.45) is 5.92 Å². The molecule has 43 heavy (non-hydrogen) atoms. The second-order valence-corrected chi connectivity index (χ2v) is 13.6. The number of rotatable bonds is 10. The summed E-state index contributed by atoms with van der Waals surface area (Å²) in [4.78, 5) is 14.6. The number of carbonyl (C=O) groups is 1. The molecule has 1 amide bonds. The zero-order chi connectivity index (χ0) is 30.5. The number of nitrogens with zero attached hydrogens (tertiary/aromatic N) is 1. The molecular formula is C33H37ClF2N2O4S. The summed E-state index contributed by atoms with van der Waals surface area (Å²) in [5.41, 5.74) is 1.00. The van der Waals surface area contributed by atoms with E-state index in [2.05, 4.69) is 4.72 Å². The first-order valence-electron chi connectivity index (χ1n) is 14.9. The van der Waals surface area contributed by atoms with Crippen LogP contribution < -0.4 is 9.46 Å². The van der Waals surface area contributed by atoms with E-state index < -0.39 is 33.5 Å². The van der Waals surface area contributed by atoms with Crippen molar-refractivity contribution in [3.8, 4) is 16.9 Å². The highest BCUT2D eigenvalue weighted by molar-refractivity contribution is 7.89. The largest absolute Gasteiger partial charge is 0.493 e. The molecule has 0 unspecified atom stereocenters. The molecule has 0 radical (unpaired) electrons. The molecule has 5 rings (SSSR count). The first-order chi connectivity index (χ1) is 20.6. The number of alkyl halides is 2. The van der Waals surface area contributed by atoms with Gasteiger partial charge in [0, 0.05) is 23.7 Å². The zero-order valence-electron chi connectivity index (χ0n) is 24.0. The topological polar surface area (TPSA) is 75.7 Å². The van der Waals surface area contributed by atoms with Gasteiger partial charge in [-0.3, -0.25) is 4.79 Å². The first-order valence-corrected chi connectivity index (χ1v) is 16.8. The quantitative estimate of drug-likeness (QED) is 0.253. The standard InChI is InChI=1S/C33H37ClF2N2O4S/c34-28-15-11-26(12-16-28)25-9-13-27(14-10-25)33(35,36)31(32(39)38-21-5-2-6-22-38)37-43(40,41)30-19-17-29(18-20-30)42-23-24-7-3-1-4-8-24/h9-20,24,31,37H,1-8,21-23H2/t31-/m0/s1. The summed E-state index contributed by atoms with van der Waals surface area (Å²) < 4.78 is 67.2. The molecular weight excluding hydrogens is 594 g/mol. The van der Waals surface area contributed by atoms with E-state index in [9.17, 15) is 13.2 Å². The minimum Gasteiger partial charge on any atom is -0.493 e. The number of hydrogen-bond acceptors (Lipinski definition) is 4. The van der Waals surface area contributed by atoms with Crippen LogP contribution in [-0.4, -0.2) is 45.0 Å². The van der Waals surface area contributed by atoms with Gasteiger partial charge in [0.05, 0.1) is 11.5 Å². The SMILES string of the molecule is O=C([C@H](NS(=O)(=O)c1ccc(OCC2CCCCC2)cc1)C(F)(F)c1ccc(-c2ccc(Cl)cc2)cc1)N1CCCCC1. The predicted molar refractivity (Wildman–Crippen MR) is 164 cm³/mol. The van der Waals surface area contributed by atoms with Gasteiger partial charge in [-0.1, -0.05) is 67.3 Å². The van der Waals surface area contributed by atoms with Gasteiger partial charge in [-0.05, 0) is 85.5 Å². The summed E-state index contributed by atoms with van der Waals surface area (Å²) in [7, 11) is -4.49. The van der Waals surface area contributed by atoms with Crippen LogP contribution in [0.15, 0.2) is 77.7 Å². The van der Waals surface area contributed by atoms with Gasteiger partial charge in [0.25, 0.3) is 5.92 Å². The van der Waals surface area contributed by atoms with Crippen molar-refractivity contribution < 1.29 is 26.7 Å². The van der Waals surface area contributed by atoms with Crippen molar-refractivity contribution in [2.45, 2.75) is 68.2 Å². The predicted octanol–water partition coefficient (Wildman–Crippen LogP) is 7.42. The molecule has 1 N–H and O–H groups in total. The van der Waals surface area contributed by atoms with Crippen molar-refractivity contribution in [3.63, 3.8) is 0 Å². The number of halogens is 3. The third-order valence-corrected chi connectivity index (χ3v) is 10.0. The highest BCUT2D eigenvalue weighted by Gasteiger charge is 2.49. The van der Waals surface area contributed by atoms with Crippen molar-refractivity contribution in [1.82, 2.24) is 9.62 Å². The van der Waals surface area contributed by atoms with Crippen molar-refractivity contribution in [3.05, 3.63) is 83.4 Å². The summed E-state index contributed by atoms with van der Waals surface area (Å²) in [6.07, 6.45) is 8.07. The van der Waals surface area contributed by atoms with Gasteiger partial charge < -0.3 is 9.64 Å². The van der Waals surface area contributed by atoms with Crippen LogP contribution in [-0.2, 0) is 20.7 Å². The number of carbonyl (C=O) groups excluding carboxylic acids is 1. The summed E-state index contributed by atoms with van der Waals surface area (Å²) in [5.74, 6) is -3.79. The third kappa shape index (κ3) is 7.75. The number of piperidine rings is 1. The van der Waals surface area contributed by atoms with Crippen LogP contribution in [0.3, 0.4) is 0 Å². The Balaban J connectivity index is 1.36. The van der Waals surface area contributed by atoms with Crippen LogP contribution in [0.4, 0.5) is 8.78 Å². The molecule has 0 aromatic heterocycles. The minimum atomic E-state index is -4.49. The maximum atomic E-state index is 16.2. The van der Waals surface area contributed by atoms with Crippen molar-refractivity contribution >= 4 is 27.5 Å². The van der Waals surface area contributed by atoms with Crippen LogP contribution in [0, 0.1) is 5.92 Å². The normalized spacial score (nSPS) is 17.4. The average Bonchev–Trinajstić information content (AvgIpc) is 3.04. The number of nitrogens with one attached hydrogen (secondary N) is 1. The highest BCUT2D eigenvalue weighted by Crippen LogP contribution is 2.36. The molecule has 2 fully saturated rings.